The van der Waals surface area contributed by atoms with Gasteiger partial charge in [-0.15, -0.1) is 0 Å². The third-order valence-electron chi connectivity index (χ3n) is 3.12. The summed E-state index contributed by atoms with van der Waals surface area (Å²) in [5.74, 6) is 0.571. The van der Waals surface area contributed by atoms with Gasteiger partial charge in [-0.05, 0) is 56.7 Å². The molecule has 7 heteroatoms. The highest BCUT2D eigenvalue weighted by Gasteiger charge is 2.15. The maximum absolute atomic E-state index is 12.1. The monoisotopic (exact) mass is 344 g/mol. The number of rotatable bonds is 6. The standard InChI is InChI=1S/C17H20N4O2S/c1-11-9-12(2)20-17(19-11)24-13(3)16(22)21-18-10-14-5-7-15(23-4)8-6-14/h5-10,13H,1-4H3,(H,21,22)/b18-10-/t13-/m1/s1. The van der Waals surface area contributed by atoms with Crippen LogP contribution < -0.4 is 10.2 Å². The molecule has 0 fully saturated rings. The van der Waals surface area contributed by atoms with Crippen LogP contribution >= 0.6 is 11.8 Å². The van der Waals surface area contributed by atoms with Gasteiger partial charge in [-0.2, -0.15) is 5.10 Å². The van der Waals surface area contributed by atoms with Crippen molar-refractivity contribution in [3.8, 4) is 5.75 Å². The third kappa shape index (κ3) is 5.34. The van der Waals surface area contributed by atoms with Crippen molar-refractivity contribution in [2.45, 2.75) is 31.2 Å². The van der Waals surface area contributed by atoms with Crippen LogP contribution in [0, 0.1) is 13.8 Å². The van der Waals surface area contributed by atoms with Gasteiger partial charge in [0.2, 0.25) is 0 Å². The van der Waals surface area contributed by atoms with Crippen molar-refractivity contribution in [2.24, 2.45) is 5.10 Å². The Labute approximate surface area is 145 Å². The molecule has 126 valence electrons. The van der Waals surface area contributed by atoms with E-state index in [0.717, 1.165) is 22.7 Å². The Bertz CT molecular complexity index is 712. The SMILES string of the molecule is COc1ccc(/C=N\NC(=O)[C@@H](C)Sc2nc(C)cc(C)n2)cc1. The van der Waals surface area contributed by atoms with Crippen LogP contribution in [-0.2, 0) is 4.79 Å². The summed E-state index contributed by atoms with van der Waals surface area (Å²) in [5.41, 5.74) is 5.17. The number of carbonyl (C=O) groups excluding carboxylic acids is 1. The first-order chi connectivity index (χ1) is 11.5. The third-order valence-corrected chi connectivity index (χ3v) is 4.08. The lowest BCUT2D eigenvalue weighted by Gasteiger charge is -2.09. The number of aryl methyl sites for hydroxylation is 2. The number of benzene rings is 1. The molecule has 0 aliphatic carbocycles. The Kier molecular flexibility index (Phi) is 6.31. The van der Waals surface area contributed by atoms with Crippen LogP contribution in [0.15, 0.2) is 40.6 Å². The molecule has 6 nitrogen and oxygen atoms in total. The summed E-state index contributed by atoms with van der Waals surface area (Å²) < 4.78 is 5.09. The van der Waals surface area contributed by atoms with Crippen molar-refractivity contribution in [3.63, 3.8) is 0 Å². The van der Waals surface area contributed by atoms with Gasteiger partial charge >= 0.3 is 0 Å². The van der Waals surface area contributed by atoms with Crippen molar-refractivity contribution in [3.05, 3.63) is 47.3 Å². The summed E-state index contributed by atoms with van der Waals surface area (Å²) >= 11 is 1.31. The highest BCUT2D eigenvalue weighted by molar-refractivity contribution is 8.00. The summed E-state index contributed by atoms with van der Waals surface area (Å²) in [5, 5.41) is 4.22. The molecule has 1 N–H and O–H groups in total. The highest BCUT2D eigenvalue weighted by atomic mass is 32.2. The van der Waals surface area contributed by atoms with Crippen LogP contribution in [0.3, 0.4) is 0 Å². The number of methoxy groups -OCH3 is 1. The Morgan fingerprint density at radius 1 is 1.25 bits per heavy atom. The molecule has 0 aliphatic rings. The second-order valence-electron chi connectivity index (χ2n) is 5.20. The van der Waals surface area contributed by atoms with Crippen molar-refractivity contribution in [1.82, 2.24) is 15.4 Å². The predicted molar refractivity (Wildman–Crippen MR) is 95.6 cm³/mol. The van der Waals surface area contributed by atoms with Crippen molar-refractivity contribution in [2.75, 3.05) is 7.11 Å². The highest BCUT2D eigenvalue weighted by Crippen LogP contribution is 2.20. The fourth-order valence-corrected chi connectivity index (χ4v) is 2.78. The minimum atomic E-state index is -0.348. The average Bonchev–Trinajstić information content (AvgIpc) is 2.54. The largest absolute Gasteiger partial charge is 0.497 e. The molecule has 0 spiro atoms. The fraction of sp³-hybridized carbons (Fsp3) is 0.294. The Balaban J connectivity index is 1.89. The number of aromatic nitrogens is 2. The molecule has 0 aliphatic heterocycles. The van der Waals surface area contributed by atoms with Crippen LogP contribution in [0.2, 0.25) is 0 Å². The van der Waals surface area contributed by atoms with Crippen LogP contribution in [0.1, 0.15) is 23.9 Å². The second-order valence-corrected chi connectivity index (χ2v) is 6.51. The van der Waals surface area contributed by atoms with E-state index in [9.17, 15) is 4.79 Å². The van der Waals surface area contributed by atoms with Gasteiger partial charge in [0.25, 0.3) is 5.91 Å². The molecule has 1 amide bonds. The molecule has 0 saturated carbocycles. The van der Waals surface area contributed by atoms with E-state index in [4.69, 9.17) is 4.74 Å². The molecule has 0 saturated heterocycles. The van der Waals surface area contributed by atoms with E-state index >= 15 is 0 Å². The number of thioether (sulfide) groups is 1. The molecule has 1 aromatic carbocycles. The van der Waals surface area contributed by atoms with Gasteiger partial charge in [0, 0.05) is 11.4 Å². The van der Waals surface area contributed by atoms with Crippen LogP contribution in [0.25, 0.3) is 0 Å². The van der Waals surface area contributed by atoms with Gasteiger partial charge in [0.15, 0.2) is 5.16 Å². The Morgan fingerprint density at radius 2 is 1.88 bits per heavy atom. The first-order valence-electron chi connectivity index (χ1n) is 7.44. The first-order valence-corrected chi connectivity index (χ1v) is 8.32. The van der Waals surface area contributed by atoms with Crippen molar-refractivity contribution >= 4 is 23.9 Å². The smallest absolute Gasteiger partial charge is 0.253 e. The lowest BCUT2D eigenvalue weighted by atomic mass is 10.2. The van der Waals surface area contributed by atoms with E-state index in [2.05, 4.69) is 20.5 Å². The number of nitrogens with one attached hydrogen (secondary N) is 1. The summed E-state index contributed by atoms with van der Waals surface area (Å²) in [6.45, 7) is 5.61. The second kappa shape index (κ2) is 8.44. The summed E-state index contributed by atoms with van der Waals surface area (Å²) in [4.78, 5) is 20.7. The van der Waals surface area contributed by atoms with Gasteiger partial charge in [0.05, 0.1) is 18.6 Å². The van der Waals surface area contributed by atoms with E-state index in [0.29, 0.717) is 5.16 Å². The summed E-state index contributed by atoms with van der Waals surface area (Å²) in [7, 11) is 1.61. The lowest BCUT2D eigenvalue weighted by Crippen LogP contribution is -2.27. The van der Waals surface area contributed by atoms with E-state index in [1.54, 1.807) is 20.2 Å². The van der Waals surface area contributed by atoms with Gasteiger partial charge in [-0.1, -0.05) is 11.8 Å². The zero-order valence-corrected chi connectivity index (χ0v) is 14.9. The van der Waals surface area contributed by atoms with Gasteiger partial charge in [0.1, 0.15) is 5.75 Å². The van der Waals surface area contributed by atoms with E-state index in [1.807, 2.05) is 44.2 Å². The zero-order valence-electron chi connectivity index (χ0n) is 14.1. The number of hydrogen-bond donors (Lipinski definition) is 1. The van der Waals surface area contributed by atoms with Crippen LogP contribution in [0.5, 0.6) is 5.75 Å². The van der Waals surface area contributed by atoms with E-state index < -0.39 is 0 Å². The van der Waals surface area contributed by atoms with Crippen molar-refractivity contribution in [1.29, 1.82) is 0 Å². The van der Waals surface area contributed by atoms with Crippen molar-refractivity contribution < 1.29 is 9.53 Å². The number of amides is 1. The molecule has 24 heavy (non-hydrogen) atoms. The van der Waals surface area contributed by atoms with Gasteiger partial charge in [-0.25, -0.2) is 15.4 Å². The van der Waals surface area contributed by atoms with Crippen LogP contribution in [-0.4, -0.2) is 34.4 Å². The molecule has 1 heterocycles. The van der Waals surface area contributed by atoms with Crippen LogP contribution in [0.4, 0.5) is 0 Å². The minimum Gasteiger partial charge on any atom is -0.497 e. The lowest BCUT2D eigenvalue weighted by molar-refractivity contribution is -0.120. The number of hydrazone groups is 1. The normalized spacial score (nSPS) is 12.2. The number of carbonyl (C=O) groups is 1. The first kappa shape index (κ1) is 17.9. The van der Waals surface area contributed by atoms with E-state index in [-0.39, 0.29) is 11.2 Å². The molecule has 2 aromatic rings. The maximum atomic E-state index is 12.1. The molecule has 2 rings (SSSR count). The Morgan fingerprint density at radius 3 is 2.46 bits per heavy atom. The van der Waals surface area contributed by atoms with E-state index in [1.165, 1.54) is 11.8 Å². The average molecular weight is 344 g/mol. The molecular formula is C17H20N4O2S. The quantitative estimate of drug-likeness (QED) is 0.377. The minimum absolute atomic E-state index is 0.201. The summed E-state index contributed by atoms with van der Waals surface area (Å²) in [6, 6.07) is 9.28. The molecule has 1 aromatic heterocycles. The van der Waals surface area contributed by atoms with Gasteiger partial charge < -0.3 is 4.74 Å². The number of hydrogen-bond acceptors (Lipinski definition) is 6. The molecule has 1 atom stereocenters. The Hall–Kier alpha value is -2.41. The topological polar surface area (TPSA) is 76.5 Å². The maximum Gasteiger partial charge on any atom is 0.253 e. The van der Waals surface area contributed by atoms with Gasteiger partial charge in [-0.3, -0.25) is 4.79 Å². The predicted octanol–water partition coefficient (Wildman–Crippen LogP) is 2.73. The molecule has 0 unspecified atom stereocenters. The zero-order chi connectivity index (χ0) is 17.5. The molecule has 0 bridgehead atoms. The fourth-order valence-electron chi connectivity index (χ4n) is 1.91. The summed E-state index contributed by atoms with van der Waals surface area (Å²) in [6.07, 6.45) is 1.59. The number of nitrogens with zero attached hydrogens (tertiary/aromatic N) is 3. The molecular weight excluding hydrogens is 324 g/mol. The molecule has 0 radical (unpaired) electrons. The number of ether oxygens (including phenoxy) is 1.